The first kappa shape index (κ1) is 15.8. The molecule has 0 amide bonds. The van der Waals surface area contributed by atoms with Gasteiger partial charge in [-0.2, -0.15) is 26.3 Å². The summed E-state index contributed by atoms with van der Waals surface area (Å²) in [6, 6.07) is 0. The molecular formula is C8H8F6O3. The van der Waals surface area contributed by atoms with E-state index in [-0.39, 0.29) is 0 Å². The van der Waals surface area contributed by atoms with Gasteiger partial charge in [-0.05, 0) is 6.92 Å². The number of hydrogen-bond donors (Lipinski definition) is 1. The number of hydrogen-bond acceptors (Lipinski definition) is 3. The minimum absolute atomic E-state index is 0.802. The molecule has 1 N–H and O–H groups in total. The van der Waals surface area contributed by atoms with Gasteiger partial charge < -0.3 is 9.84 Å². The van der Waals surface area contributed by atoms with Crippen LogP contribution < -0.4 is 0 Å². The molecule has 0 aliphatic heterocycles. The third-order valence-corrected chi connectivity index (χ3v) is 1.66. The molecule has 0 saturated heterocycles. The van der Waals surface area contributed by atoms with Crippen molar-refractivity contribution >= 4 is 5.97 Å². The van der Waals surface area contributed by atoms with Crippen molar-refractivity contribution in [1.29, 1.82) is 0 Å². The van der Waals surface area contributed by atoms with Crippen LogP contribution in [0.15, 0.2) is 12.2 Å². The molecule has 0 aromatic heterocycles. The van der Waals surface area contributed by atoms with E-state index in [2.05, 4.69) is 4.74 Å². The first-order valence-electron chi connectivity index (χ1n) is 4.12. The fraction of sp³-hybridized carbons (Fsp3) is 0.625. The van der Waals surface area contributed by atoms with Gasteiger partial charge >= 0.3 is 23.9 Å². The third-order valence-electron chi connectivity index (χ3n) is 1.66. The Morgan fingerprint density at radius 1 is 1.18 bits per heavy atom. The Morgan fingerprint density at radius 3 is 1.88 bits per heavy atom. The molecule has 0 bridgehead atoms. The molecule has 0 aromatic rings. The Hall–Kier alpha value is -1.25. The molecule has 0 aliphatic carbocycles. The van der Waals surface area contributed by atoms with Gasteiger partial charge in [-0.3, -0.25) is 0 Å². The number of allylic oxidation sites excluding steroid dienone is 1. The van der Waals surface area contributed by atoms with E-state index < -0.39 is 30.5 Å². The van der Waals surface area contributed by atoms with Crippen molar-refractivity contribution in [2.24, 2.45) is 0 Å². The number of rotatable bonds is 3. The fourth-order valence-electron chi connectivity index (χ4n) is 0.717. The van der Waals surface area contributed by atoms with Crippen molar-refractivity contribution < 1.29 is 41.0 Å². The van der Waals surface area contributed by atoms with E-state index in [0.29, 0.717) is 0 Å². The fourth-order valence-corrected chi connectivity index (χ4v) is 0.717. The van der Waals surface area contributed by atoms with Gasteiger partial charge in [0.25, 0.3) is 0 Å². The van der Waals surface area contributed by atoms with Crippen LogP contribution >= 0.6 is 0 Å². The minimum atomic E-state index is -6.21. The summed E-state index contributed by atoms with van der Waals surface area (Å²) >= 11 is 0. The summed E-state index contributed by atoms with van der Waals surface area (Å²) in [4.78, 5) is 10.7. The molecule has 0 unspecified atom stereocenters. The van der Waals surface area contributed by atoms with Crippen LogP contribution in [0.4, 0.5) is 26.3 Å². The van der Waals surface area contributed by atoms with Gasteiger partial charge in [-0.1, -0.05) is 12.2 Å². The van der Waals surface area contributed by atoms with Gasteiger partial charge in [0.15, 0.2) is 0 Å². The van der Waals surface area contributed by atoms with Crippen LogP contribution in [0.5, 0.6) is 0 Å². The van der Waals surface area contributed by atoms with E-state index in [1.165, 1.54) is 13.0 Å². The number of alkyl halides is 6. The van der Waals surface area contributed by atoms with Crippen LogP contribution in [-0.4, -0.2) is 35.6 Å². The number of aliphatic hydroxyl groups is 1. The summed E-state index contributed by atoms with van der Waals surface area (Å²) in [6.07, 6.45) is -10.2. The molecule has 3 nitrogen and oxygen atoms in total. The topological polar surface area (TPSA) is 46.5 Å². The second-order valence-electron chi connectivity index (χ2n) is 2.87. The monoisotopic (exact) mass is 266 g/mol. The van der Waals surface area contributed by atoms with Gasteiger partial charge in [0.2, 0.25) is 0 Å². The molecule has 17 heavy (non-hydrogen) atoms. The van der Waals surface area contributed by atoms with Crippen LogP contribution in [0.25, 0.3) is 0 Å². The average molecular weight is 266 g/mol. The van der Waals surface area contributed by atoms with Crippen LogP contribution in [-0.2, 0) is 9.53 Å². The normalized spacial score (nSPS) is 14.1. The Labute approximate surface area is 91.7 Å². The number of esters is 1. The van der Waals surface area contributed by atoms with Gasteiger partial charge in [0.05, 0.1) is 0 Å². The van der Waals surface area contributed by atoms with Crippen molar-refractivity contribution in [3.05, 3.63) is 12.2 Å². The molecule has 0 spiro atoms. The van der Waals surface area contributed by atoms with Gasteiger partial charge in [0.1, 0.15) is 6.61 Å². The maximum Gasteiger partial charge on any atom is 0.437 e. The standard InChI is InChI=1S/C8H8F6O3/c1-2-3-4-17-5(15)6(16,7(9,10)11)8(12,13)14/h2-3,16H,4H2,1H3/b3-2+. The highest BCUT2D eigenvalue weighted by Gasteiger charge is 2.76. The zero-order valence-corrected chi connectivity index (χ0v) is 8.39. The van der Waals surface area contributed by atoms with Crippen molar-refractivity contribution in [2.45, 2.75) is 24.9 Å². The number of carbonyl (C=O) groups excluding carboxylic acids is 1. The predicted octanol–water partition coefficient (Wildman–Crippen LogP) is 1.96. The lowest BCUT2D eigenvalue weighted by atomic mass is 10.0. The molecule has 0 aromatic carbocycles. The highest BCUT2D eigenvalue weighted by molar-refractivity contribution is 5.81. The maximum absolute atomic E-state index is 12.1. The first-order valence-corrected chi connectivity index (χ1v) is 4.12. The van der Waals surface area contributed by atoms with Crippen molar-refractivity contribution in [3.63, 3.8) is 0 Å². The molecule has 0 aliphatic rings. The molecular weight excluding hydrogens is 258 g/mol. The van der Waals surface area contributed by atoms with Crippen LogP contribution in [0, 0.1) is 0 Å². The molecule has 0 atom stereocenters. The molecule has 0 heterocycles. The molecule has 9 heteroatoms. The van der Waals surface area contributed by atoms with Crippen molar-refractivity contribution in [1.82, 2.24) is 0 Å². The highest BCUT2D eigenvalue weighted by Crippen LogP contribution is 2.43. The lowest BCUT2D eigenvalue weighted by Crippen LogP contribution is -2.63. The summed E-state index contributed by atoms with van der Waals surface area (Å²) in [7, 11) is 0. The van der Waals surface area contributed by atoms with Gasteiger partial charge in [-0.25, -0.2) is 4.79 Å². The zero-order valence-electron chi connectivity index (χ0n) is 8.39. The lowest BCUT2D eigenvalue weighted by Gasteiger charge is -2.29. The number of halogens is 6. The Kier molecular flexibility index (Phi) is 4.58. The SMILES string of the molecule is C/C=C/COC(=O)C(O)(C(F)(F)F)C(F)(F)F. The van der Waals surface area contributed by atoms with E-state index in [1.54, 1.807) is 0 Å². The largest absolute Gasteiger partial charge is 0.459 e. The van der Waals surface area contributed by atoms with Gasteiger partial charge in [-0.15, -0.1) is 0 Å². The van der Waals surface area contributed by atoms with Crippen LogP contribution in [0.2, 0.25) is 0 Å². The van der Waals surface area contributed by atoms with E-state index in [4.69, 9.17) is 5.11 Å². The maximum atomic E-state index is 12.1. The van der Waals surface area contributed by atoms with E-state index in [0.717, 1.165) is 6.08 Å². The van der Waals surface area contributed by atoms with Gasteiger partial charge in [0, 0.05) is 0 Å². The summed E-state index contributed by atoms with van der Waals surface area (Å²) in [5.41, 5.74) is -5.51. The Balaban J connectivity index is 5.16. The molecule has 0 saturated carbocycles. The zero-order chi connectivity index (χ0) is 13.9. The van der Waals surface area contributed by atoms with Crippen LogP contribution in [0.1, 0.15) is 6.92 Å². The number of carbonyl (C=O) groups is 1. The molecule has 0 rings (SSSR count). The first-order chi connectivity index (χ1) is 7.48. The third kappa shape index (κ3) is 3.11. The predicted molar refractivity (Wildman–Crippen MR) is 42.8 cm³/mol. The summed E-state index contributed by atoms with van der Waals surface area (Å²) in [6.45, 7) is 0.608. The smallest absolute Gasteiger partial charge is 0.437 e. The molecule has 0 radical (unpaired) electrons. The van der Waals surface area contributed by atoms with Crippen molar-refractivity contribution in [2.75, 3.05) is 6.61 Å². The lowest BCUT2D eigenvalue weighted by molar-refractivity contribution is -0.356. The van der Waals surface area contributed by atoms with Crippen molar-refractivity contribution in [3.8, 4) is 0 Å². The van der Waals surface area contributed by atoms with Crippen LogP contribution in [0.3, 0.4) is 0 Å². The number of ether oxygens (including phenoxy) is 1. The molecule has 100 valence electrons. The summed E-state index contributed by atoms with van der Waals surface area (Å²) < 4.78 is 76.1. The average Bonchev–Trinajstić information content (AvgIpc) is 2.13. The van der Waals surface area contributed by atoms with E-state index >= 15 is 0 Å². The quantitative estimate of drug-likeness (QED) is 0.482. The minimum Gasteiger partial charge on any atom is -0.459 e. The molecule has 0 fully saturated rings. The second kappa shape index (κ2) is 4.94. The Morgan fingerprint density at radius 2 is 1.59 bits per heavy atom. The van der Waals surface area contributed by atoms with E-state index in [1.807, 2.05) is 0 Å². The summed E-state index contributed by atoms with van der Waals surface area (Å²) in [5.74, 6) is -2.81. The van der Waals surface area contributed by atoms with E-state index in [9.17, 15) is 31.1 Å². The summed E-state index contributed by atoms with van der Waals surface area (Å²) in [5, 5.41) is 8.50. The Bertz CT molecular complexity index is 289. The second-order valence-corrected chi connectivity index (χ2v) is 2.87. The highest BCUT2D eigenvalue weighted by atomic mass is 19.4.